The average molecular weight is 2110 g/mol. The van der Waals surface area contributed by atoms with Crippen molar-refractivity contribution in [1.82, 2.24) is 5.32 Å². The quantitative estimate of drug-likeness (QED) is 0.0256. The van der Waals surface area contributed by atoms with Gasteiger partial charge >= 0.3 is 18.0 Å². The van der Waals surface area contributed by atoms with E-state index >= 15 is 0 Å². The second-order valence-electron chi connectivity index (χ2n) is 34.0. The zero-order chi connectivity index (χ0) is 103. The number of phosphoric acid groups is 1. The lowest BCUT2D eigenvalue weighted by atomic mass is 10.0. The third-order valence-electron chi connectivity index (χ3n) is 21.3. The fourth-order valence-corrected chi connectivity index (χ4v) is 14.1. The van der Waals surface area contributed by atoms with E-state index < -0.39 is 45.2 Å². The van der Waals surface area contributed by atoms with Gasteiger partial charge in [-0.1, -0.05) is 201 Å². The molecule has 0 bridgehead atoms. The lowest BCUT2D eigenvalue weighted by Gasteiger charge is -2.25. The first kappa shape index (κ1) is 141. The molecular weight excluding hydrogens is 1900 g/mol. The number of carbonyl (C=O) groups excluding carboxylic acids is 3. The summed E-state index contributed by atoms with van der Waals surface area (Å²) in [7, 11) is -4.92. The number of phosphoric ester groups is 1. The summed E-state index contributed by atoms with van der Waals surface area (Å²) in [5.41, 5.74) is 0. The third kappa shape index (κ3) is 126. The van der Waals surface area contributed by atoms with Gasteiger partial charge in [0.25, 0.3) is 7.82 Å². The molecular formula is C104H205NO38P-. The average Bonchev–Trinajstić information content (AvgIpc) is 0.904. The van der Waals surface area contributed by atoms with E-state index in [-0.39, 0.29) is 45.8 Å². The number of rotatable bonds is 131. The molecule has 0 heterocycles. The number of amides is 1. The van der Waals surface area contributed by atoms with Crippen LogP contribution in [0.2, 0.25) is 0 Å². The van der Waals surface area contributed by atoms with Gasteiger partial charge in [0.05, 0.1) is 363 Å². The van der Waals surface area contributed by atoms with E-state index in [1.54, 1.807) is 0 Å². The summed E-state index contributed by atoms with van der Waals surface area (Å²) in [5.74, 6) is -0.971. The zero-order valence-electron chi connectivity index (χ0n) is 90.1. The monoisotopic (exact) mass is 2110 g/mol. The highest BCUT2D eigenvalue weighted by atomic mass is 31.2. The Balaban J connectivity index is 3.53. The molecule has 0 rings (SSSR count). The maximum Gasteiger partial charge on any atom is 0.407 e. The molecule has 0 radical (unpaired) electrons. The molecule has 0 aliphatic heterocycles. The van der Waals surface area contributed by atoms with E-state index in [2.05, 4.69) is 26.1 Å². The Morgan fingerprint density at radius 3 is 0.604 bits per heavy atom. The molecule has 0 fully saturated rings. The number of esters is 2. The van der Waals surface area contributed by atoms with E-state index in [9.17, 15) is 23.8 Å². The van der Waals surface area contributed by atoms with Gasteiger partial charge in [0.15, 0.2) is 6.10 Å². The van der Waals surface area contributed by atoms with Crippen LogP contribution in [0.1, 0.15) is 252 Å². The Morgan fingerprint density at radius 1 is 0.194 bits per heavy atom. The Bertz CT molecular complexity index is 2500. The summed E-state index contributed by atoms with van der Waals surface area (Å²) in [4.78, 5) is 50.6. The van der Waals surface area contributed by atoms with E-state index in [1.165, 1.54) is 141 Å². The van der Waals surface area contributed by atoms with Gasteiger partial charge in [-0.05, 0) is 38.5 Å². The second-order valence-corrected chi connectivity index (χ2v) is 35.5. The maximum absolute atomic E-state index is 12.9. The molecule has 0 saturated heterocycles. The molecule has 0 saturated carbocycles. The number of nitrogens with one attached hydrogen (secondary N) is 1. The van der Waals surface area contributed by atoms with Gasteiger partial charge in [-0.25, -0.2) is 4.79 Å². The number of alkyl carbamates (subject to hydrolysis) is 1. The minimum absolute atomic E-state index is 0.0512. The van der Waals surface area contributed by atoms with Crippen LogP contribution in [-0.4, -0.2) is 427 Å². The van der Waals surface area contributed by atoms with Crippen molar-refractivity contribution in [3.63, 3.8) is 0 Å². The molecule has 2 atom stereocenters. The van der Waals surface area contributed by atoms with Gasteiger partial charge in [-0.15, -0.1) is 0 Å². The number of hydrogen-bond donors (Lipinski definition) is 1. The number of ether oxygens (including phenoxy) is 31. The van der Waals surface area contributed by atoms with Crippen LogP contribution in [0.3, 0.4) is 0 Å². The van der Waals surface area contributed by atoms with Crippen LogP contribution in [-0.2, 0) is 170 Å². The normalized spacial score (nSPS) is 12.4. The molecule has 0 aromatic carbocycles. The Hall–Kier alpha value is -2.80. The van der Waals surface area contributed by atoms with Crippen LogP contribution >= 0.6 is 7.82 Å². The molecule has 0 aliphatic rings. The van der Waals surface area contributed by atoms with Crippen molar-refractivity contribution in [3.05, 3.63) is 0 Å². The van der Waals surface area contributed by atoms with Crippen molar-refractivity contribution < 1.29 is 180 Å². The number of carbonyl (C=O) groups is 3. The minimum atomic E-state index is -4.92. The summed E-state index contributed by atoms with van der Waals surface area (Å²) < 4.78 is 194. The van der Waals surface area contributed by atoms with Crippen LogP contribution in [0, 0.1) is 0 Å². The summed E-state index contributed by atoms with van der Waals surface area (Å²) >= 11 is 0. The van der Waals surface area contributed by atoms with Crippen LogP contribution in [0.4, 0.5) is 4.79 Å². The largest absolute Gasteiger partial charge is 0.756 e. The van der Waals surface area contributed by atoms with E-state index in [0.29, 0.717) is 363 Å². The summed E-state index contributed by atoms with van der Waals surface area (Å²) in [6.45, 7) is 32.0. The molecule has 0 aromatic heterocycles. The van der Waals surface area contributed by atoms with Crippen LogP contribution < -0.4 is 10.2 Å². The Kier molecular flexibility index (Phi) is 125. The first-order valence-electron chi connectivity index (χ1n) is 55.3. The predicted molar refractivity (Wildman–Crippen MR) is 546 cm³/mol. The Labute approximate surface area is 867 Å². The standard InChI is InChI=1S/C104H206NO38P/c1-4-7-9-11-13-15-17-19-21-23-25-27-29-31-34-38-102(106)140-99-101(143-103(107)39-35-32-30-28-26-24-22-20-18-16-14-12-10-8-5-2)100-142-144(109,110)141-44-40-105-104(108)139-98-97-138-96-95-137-94-93-136-92-91-135-90-89-134-74-71-125-68-65-122-62-59-119-56-53-116-50-47-113-43-37-33-36-42-112-46-49-115-52-55-118-58-61-121-64-67-124-70-73-127-76-78-129-80-82-131-84-86-133-88-87-132-85-83-130-81-79-128-77-75-126-72-69-123-66-63-120-60-57-117-54-51-114-48-45-111-41-6-3/h101H,4-100H2,1-3H3,(H,105,108)(H,109,110)/p-1/t101-/m1/s1. The third-order valence-corrected chi connectivity index (χ3v) is 22.3. The van der Waals surface area contributed by atoms with Gasteiger partial charge < -0.3 is 166 Å². The highest BCUT2D eigenvalue weighted by Crippen LogP contribution is 2.38. The fourth-order valence-electron chi connectivity index (χ4n) is 13.3. The van der Waals surface area contributed by atoms with Gasteiger partial charge in [0.2, 0.25) is 0 Å². The highest BCUT2D eigenvalue weighted by molar-refractivity contribution is 7.45. The van der Waals surface area contributed by atoms with Crippen molar-refractivity contribution >= 4 is 25.9 Å². The van der Waals surface area contributed by atoms with Gasteiger partial charge in [-0.3, -0.25) is 14.2 Å². The fraction of sp³-hybridized carbons (Fsp3) is 0.971. The zero-order valence-corrected chi connectivity index (χ0v) is 91.0. The minimum Gasteiger partial charge on any atom is -0.756 e. The molecule has 39 nitrogen and oxygen atoms in total. The molecule has 0 aliphatic carbocycles. The van der Waals surface area contributed by atoms with Crippen LogP contribution in [0.25, 0.3) is 0 Å². The van der Waals surface area contributed by atoms with Gasteiger partial charge in [0.1, 0.15) is 13.2 Å². The molecule has 1 amide bonds. The highest BCUT2D eigenvalue weighted by Gasteiger charge is 2.22. The van der Waals surface area contributed by atoms with Crippen LogP contribution in [0.5, 0.6) is 0 Å². The SMILES string of the molecule is CCCCCCCCCCCCCCCCCC(=O)OC[C@H](COP(=O)([O-])OCCNC(=O)OCCOCCOCCOCCOCCOCCOCCOCCOCCOCCOCCCCCOCCOCCOCCOCCOCCOCCOCCOCCOCCOCCOCCOCCOCCOCCOCCOCCOCCOCCC)OC(=O)CCCCCCCCCCCCCCCCC. The maximum atomic E-state index is 12.9. The first-order chi connectivity index (χ1) is 71.2. The molecule has 1 unspecified atom stereocenters. The van der Waals surface area contributed by atoms with Crippen molar-refractivity contribution in [3.8, 4) is 0 Å². The summed E-state index contributed by atoms with van der Waals surface area (Å²) in [6.07, 6.45) is 38.5. The van der Waals surface area contributed by atoms with Gasteiger partial charge in [0, 0.05) is 39.2 Å². The second kappa shape index (κ2) is 127. The van der Waals surface area contributed by atoms with E-state index in [4.69, 9.17) is 156 Å². The smallest absolute Gasteiger partial charge is 0.407 e. The van der Waals surface area contributed by atoms with Crippen molar-refractivity contribution in [2.24, 2.45) is 0 Å². The summed E-state index contributed by atoms with van der Waals surface area (Å²) in [5, 5.41) is 2.41. The lowest BCUT2D eigenvalue weighted by Crippen LogP contribution is -2.31. The molecule has 40 heteroatoms. The Morgan fingerprint density at radius 2 is 0.382 bits per heavy atom. The van der Waals surface area contributed by atoms with Gasteiger partial charge in [-0.2, -0.15) is 0 Å². The van der Waals surface area contributed by atoms with Crippen molar-refractivity contribution in [2.75, 3.05) is 403 Å². The van der Waals surface area contributed by atoms with Crippen LogP contribution in [0.15, 0.2) is 0 Å². The van der Waals surface area contributed by atoms with E-state index in [1.807, 2.05) is 0 Å². The predicted octanol–water partition coefficient (Wildman–Crippen LogP) is 14.2. The number of unbranched alkanes of at least 4 members (excludes halogenated alkanes) is 30. The molecule has 860 valence electrons. The number of hydrogen-bond acceptors (Lipinski definition) is 38. The molecule has 1 N–H and O–H groups in total. The summed E-state index contributed by atoms with van der Waals surface area (Å²) in [6, 6.07) is 0. The molecule has 0 aromatic rings. The first-order valence-corrected chi connectivity index (χ1v) is 56.7. The lowest BCUT2D eigenvalue weighted by molar-refractivity contribution is -0.228. The molecule has 144 heavy (non-hydrogen) atoms. The van der Waals surface area contributed by atoms with Crippen molar-refractivity contribution in [2.45, 2.75) is 258 Å². The van der Waals surface area contributed by atoms with Crippen molar-refractivity contribution in [1.29, 1.82) is 0 Å². The van der Waals surface area contributed by atoms with E-state index in [0.717, 1.165) is 70.8 Å². The topological polar surface area (TPSA) is 408 Å². The molecule has 0 spiro atoms.